The molecule has 2 aliphatic heterocycles. The molecule has 37 heavy (non-hydrogen) atoms. The number of nitrogens with one attached hydrogen (secondary N) is 2. The molecule has 2 saturated heterocycles. The van der Waals surface area contributed by atoms with Gasteiger partial charge >= 0.3 is 6.03 Å². The number of halogens is 1. The number of carbonyl (C=O) groups is 2. The van der Waals surface area contributed by atoms with Gasteiger partial charge in [0.2, 0.25) is 0 Å². The first kappa shape index (κ1) is 27.5. The van der Waals surface area contributed by atoms with Crippen LogP contribution in [0.3, 0.4) is 0 Å². The molecule has 1 aromatic carbocycles. The van der Waals surface area contributed by atoms with Crippen LogP contribution in [0.4, 0.5) is 9.18 Å². The zero-order chi connectivity index (χ0) is 26.4. The van der Waals surface area contributed by atoms with Crippen LogP contribution >= 0.6 is 11.3 Å². The molecule has 10 nitrogen and oxygen atoms in total. The van der Waals surface area contributed by atoms with E-state index in [1.807, 2.05) is 6.92 Å². The van der Waals surface area contributed by atoms with Gasteiger partial charge in [-0.3, -0.25) is 4.79 Å². The molecule has 0 saturated carbocycles. The van der Waals surface area contributed by atoms with Crippen molar-refractivity contribution < 1.29 is 32.0 Å². The Hall–Kier alpha value is -2.58. The van der Waals surface area contributed by atoms with E-state index in [9.17, 15) is 22.4 Å². The highest BCUT2D eigenvalue weighted by Crippen LogP contribution is 2.33. The van der Waals surface area contributed by atoms with E-state index in [1.165, 1.54) is 23.1 Å². The normalized spacial score (nSPS) is 21.0. The summed E-state index contributed by atoms with van der Waals surface area (Å²) in [5.41, 5.74) is 3.04. The van der Waals surface area contributed by atoms with Gasteiger partial charge in [-0.1, -0.05) is 19.1 Å². The summed E-state index contributed by atoms with van der Waals surface area (Å²) in [7, 11) is -4.09. The fraction of sp³-hybridized carbons (Fsp3) is 0.500. The van der Waals surface area contributed by atoms with Crippen molar-refractivity contribution >= 4 is 33.3 Å². The lowest BCUT2D eigenvalue weighted by Crippen LogP contribution is -2.62. The van der Waals surface area contributed by atoms with Gasteiger partial charge in [0.05, 0.1) is 0 Å². The van der Waals surface area contributed by atoms with Gasteiger partial charge in [-0.25, -0.2) is 27.9 Å². The SMILES string of the molecule is CCCNC(=O)N1CCN(S(=O)(=O)c2ccc(-c3ccc(F)cc3)s2)[C@@H](C(=O)NOC2CCCCO2)C1. The standard InChI is InChI=1S/C24H31FN4O6S2/c1-2-12-26-24(31)28-13-14-29(19(16-28)23(30)27-35-21-5-3-4-15-34-21)37(32,33)22-11-10-20(36-22)17-6-8-18(25)9-7-17/h6-11,19,21H,2-5,12-16H2,1H3,(H,26,31)(H,27,30)/t19-,21?/m1/s1. The number of urea groups is 1. The molecule has 1 unspecified atom stereocenters. The number of hydroxylamine groups is 1. The highest BCUT2D eigenvalue weighted by Gasteiger charge is 2.42. The van der Waals surface area contributed by atoms with Crippen LogP contribution in [-0.2, 0) is 24.4 Å². The molecule has 3 amide bonds. The predicted octanol–water partition coefficient (Wildman–Crippen LogP) is 2.92. The van der Waals surface area contributed by atoms with Crippen LogP contribution in [0, 0.1) is 5.82 Å². The Labute approximate surface area is 219 Å². The quantitative estimate of drug-likeness (QED) is 0.485. The smallest absolute Gasteiger partial charge is 0.317 e. The van der Waals surface area contributed by atoms with E-state index in [0.29, 0.717) is 30.0 Å². The molecule has 0 spiro atoms. The number of hydrogen-bond acceptors (Lipinski definition) is 7. The fourth-order valence-corrected chi connectivity index (χ4v) is 7.15. The summed E-state index contributed by atoms with van der Waals surface area (Å²) in [6.07, 6.45) is 2.55. The van der Waals surface area contributed by atoms with Crippen LogP contribution in [0.1, 0.15) is 32.6 Å². The van der Waals surface area contributed by atoms with Crippen molar-refractivity contribution in [2.75, 3.05) is 32.8 Å². The average molecular weight is 555 g/mol. The van der Waals surface area contributed by atoms with Gasteiger partial charge in [0.25, 0.3) is 15.9 Å². The summed E-state index contributed by atoms with van der Waals surface area (Å²) in [6, 6.07) is 7.33. The summed E-state index contributed by atoms with van der Waals surface area (Å²) in [5.74, 6) is -1.07. The molecule has 202 valence electrons. The van der Waals surface area contributed by atoms with Crippen molar-refractivity contribution in [2.45, 2.75) is 49.1 Å². The van der Waals surface area contributed by atoms with Gasteiger partial charge in [0.15, 0.2) is 6.29 Å². The van der Waals surface area contributed by atoms with Crippen molar-refractivity contribution in [2.24, 2.45) is 0 Å². The maximum absolute atomic E-state index is 13.7. The van der Waals surface area contributed by atoms with Crippen LogP contribution in [0.15, 0.2) is 40.6 Å². The highest BCUT2D eigenvalue weighted by atomic mass is 32.2. The maximum atomic E-state index is 13.7. The van der Waals surface area contributed by atoms with Crippen molar-refractivity contribution in [1.29, 1.82) is 0 Å². The first-order valence-electron chi connectivity index (χ1n) is 12.3. The summed E-state index contributed by atoms with van der Waals surface area (Å²) in [6.45, 7) is 2.84. The number of ether oxygens (including phenoxy) is 1. The molecule has 13 heteroatoms. The van der Waals surface area contributed by atoms with Gasteiger partial charge in [0, 0.05) is 44.1 Å². The van der Waals surface area contributed by atoms with E-state index < -0.39 is 28.3 Å². The Kier molecular flexibility index (Phi) is 9.13. The highest BCUT2D eigenvalue weighted by molar-refractivity contribution is 7.91. The predicted molar refractivity (Wildman–Crippen MR) is 135 cm³/mol. The van der Waals surface area contributed by atoms with Crippen molar-refractivity contribution in [3.05, 3.63) is 42.2 Å². The Bertz CT molecular complexity index is 1180. The molecule has 3 heterocycles. The summed E-state index contributed by atoms with van der Waals surface area (Å²) >= 11 is 1.03. The van der Waals surface area contributed by atoms with Crippen LogP contribution < -0.4 is 10.8 Å². The van der Waals surface area contributed by atoms with Gasteiger partial charge in [-0.05, 0) is 49.1 Å². The van der Waals surface area contributed by atoms with E-state index in [2.05, 4.69) is 10.8 Å². The molecule has 2 aromatic rings. The fourth-order valence-electron chi connectivity index (χ4n) is 4.14. The third kappa shape index (κ3) is 6.65. The van der Waals surface area contributed by atoms with Crippen LogP contribution in [0.5, 0.6) is 0 Å². The number of amides is 3. The largest absolute Gasteiger partial charge is 0.350 e. The Balaban J connectivity index is 1.54. The van der Waals surface area contributed by atoms with E-state index in [1.54, 1.807) is 18.2 Å². The molecule has 2 aliphatic rings. The second kappa shape index (κ2) is 12.3. The number of thiophene rings is 1. The Morgan fingerprint density at radius 3 is 2.65 bits per heavy atom. The minimum atomic E-state index is -4.09. The van der Waals surface area contributed by atoms with E-state index >= 15 is 0 Å². The minimum absolute atomic E-state index is 0.0463. The van der Waals surface area contributed by atoms with Crippen molar-refractivity contribution in [1.82, 2.24) is 20.0 Å². The molecular formula is C24H31FN4O6S2. The van der Waals surface area contributed by atoms with Crippen molar-refractivity contribution in [3.63, 3.8) is 0 Å². The lowest BCUT2D eigenvalue weighted by Gasteiger charge is -2.39. The number of sulfonamides is 1. The monoisotopic (exact) mass is 554 g/mol. The number of benzene rings is 1. The van der Waals surface area contributed by atoms with Gasteiger partial charge in [0.1, 0.15) is 16.1 Å². The average Bonchev–Trinajstić information content (AvgIpc) is 3.42. The lowest BCUT2D eigenvalue weighted by atomic mass is 10.2. The Morgan fingerprint density at radius 2 is 1.95 bits per heavy atom. The van der Waals surface area contributed by atoms with Crippen molar-refractivity contribution in [3.8, 4) is 10.4 Å². The topological polar surface area (TPSA) is 117 Å². The van der Waals surface area contributed by atoms with E-state index in [0.717, 1.165) is 34.9 Å². The molecule has 2 atom stereocenters. The lowest BCUT2D eigenvalue weighted by molar-refractivity contribution is -0.202. The number of nitrogens with zero attached hydrogens (tertiary/aromatic N) is 2. The molecule has 2 fully saturated rings. The number of piperazine rings is 1. The van der Waals surface area contributed by atoms with Crippen LogP contribution in [0.2, 0.25) is 0 Å². The summed E-state index contributed by atoms with van der Waals surface area (Å²) in [5, 5.41) is 2.77. The maximum Gasteiger partial charge on any atom is 0.317 e. The molecule has 1 aromatic heterocycles. The van der Waals surface area contributed by atoms with Gasteiger partial charge < -0.3 is 15.0 Å². The zero-order valence-electron chi connectivity index (χ0n) is 20.5. The number of hydrogen-bond donors (Lipinski definition) is 2. The van der Waals surface area contributed by atoms with E-state index in [-0.39, 0.29) is 35.7 Å². The molecule has 2 N–H and O–H groups in total. The third-order valence-corrected chi connectivity index (χ3v) is 9.66. The first-order valence-corrected chi connectivity index (χ1v) is 14.5. The number of rotatable bonds is 8. The second-order valence-electron chi connectivity index (χ2n) is 8.82. The summed E-state index contributed by atoms with van der Waals surface area (Å²) < 4.78 is 47.3. The summed E-state index contributed by atoms with van der Waals surface area (Å²) in [4.78, 5) is 33.2. The molecule has 0 radical (unpaired) electrons. The van der Waals surface area contributed by atoms with Gasteiger partial charge in [-0.15, -0.1) is 11.3 Å². The Morgan fingerprint density at radius 1 is 1.16 bits per heavy atom. The van der Waals surface area contributed by atoms with Gasteiger partial charge in [-0.2, -0.15) is 4.31 Å². The number of carbonyl (C=O) groups excluding carboxylic acids is 2. The molecular weight excluding hydrogens is 523 g/mol. The zero-order valence-corrected chi connectivity index (χ0v) is 22.2. The molecule has 4 rings (SSSR count). The molecule has 0 bridgehead atoms. The second-order valence-corrected chi connectivity index (χ2v) is 12.0. The first-order chi connectivity index (χ1) is 17.8. The molecule has 0 aliphatic carbocycles. The minimum Gasteiger partial charge on any atom is -0.350 e. The van der Waals surface area contributed by atoms with E-state index in [4.69, 9.17) is 9.57 Å². The van der Waals surface area contributed by atoms with Crippen LogP contribution in [-0.4, -0.2) is 74.7 Å². The third-order valence-electron chi connectivity index (χ3n) is 6.15. The van der Waals surface area contributed by atoms with Crippen LogP contribution in [0.25, 0.3) is 10.4 Å².